The van der Waals surface area contributed by atoms with Crippen molar-refractivity contribution in [3.63, 3.8) is 0 Å². The molecule has 2 saturated carbocycles. The lowest BCUT2D eigenvalue weighted by Crippen LogP contribution is -2.22. The molecular formula is C18H26BrNO. The number of ether oxygens (including phenoxy) is 1. The number of hydrogen-bond acceptors (Lipinski definition) is 2. The zero-order valence-electron chi connectivity index (χ0n) is 13.1. The Morgan fingerprint density at radius 2 is 2.19 bits per heavy atom. The maximum Gasteiger partial charge on any atom is 0.133 e. The van der Waals surface area contributed by atoms with Crippen LogP contribution >= 0.6 is 15.9 Å². The van der Waals surface area contributed by atoms with E-state index in [2.05, 4.69) is 46.5 Å². The van der Waals surface area contributed by atoms with E-state index < -0.39 is 0 Å². The van der Waals surface area contributed by atoms with Crippen LogP contribution in [-0.2, 0) is 0 Å². The second-order valence-electron chi connectivity index (χ2n) is 6.63. The van der Waals surface area contributed by atoms with Crippen LogP contribution < -0.4 is 10.1 Å². The van der Waals surface area contributed by atoms with E-state index in [9.17, 15) is 0 Å². The first-order valence-corrected chi connectivity index (χ1v) is 9.10. The van der Waals surface area contributed by atoms with Crippen molar-refractivity contribution in [2.24, 2.45) is 17.8 Å². The van der Waals surface area contributed by atoms with Crippen LogP contribution in [0, 0.1) is 17.8 Å². The van der Waals surface area contributed by atoms with E-state index in [0.717, 1.165) is 28.0 Å². The lowest BCUT2D eigenvalue weighted by atomic mass is 9.83. The first-order valence-electron chi connectivity index (χ1n) is 8.30. The van der Waals surface area contributed by atoms with E-state index in [4.69, 9.17) is 4.74 Å². The second kappa shape index (κ2) is 6.70. The highest BCUT2D eigenvalue weighted by atomic mass is 79.9. The lowest BCUT2D eigenvalue weighted by molar-refractivity contribution is 0.284. The van der Waals surface area contributed by atoms with Crippen molar-refractivity contribution in [2.75, 3.05) is 13.7 Å². The number of hydrogen-bond donors (Lipinski definition) is 1. The van der Waals surface area contributed by atoms with Crippen LogP contribution in [0.15, 0.2) is 22.7 Å². The molecule has 21 heavy (non-hydrogen) atoms. The average Bonchev–Trinajstić information content (AvgIpc) is 3.09. The summed E-state index contributed by atoms with van der Waals surface area (Å²) in [4.78, 5) is 0. The molecule has 116 valence electrons. The van der Waals surface area contributed by atoms with Gasteiger partial charge in [0.15, 0.2) is 0 Å². The van der Waals surface area contributed by atoms with Gasteiger partial charge in [0.05, 0.1) is 11.1 Å². The Balaban J connectivity index is 1.69. The highest BCUT2D eigenvalue weighted by Crippen LogP contribution is 2.51. The second-order valence-corrected chi connectivity index (χ2v) is 7.49. The Bertz CT molecular complexity index is 490. The third-order valence-corrected chi connectivity index (χ3v) is 6.05. The third kappa shape index (κ3) is 3.29. The number of benzene rings is 1. The van der Waals surface area contributed by atoms with Crippen LogP contribution in [0.1, 0.15) is 50.6 Å². The van der Waals surface area contributed by atoms with Crippen molar-refractivity contribution in [3.8, 4) is 5.75 Å². The molecule has 0 saturated heterocycles. The maximum atomic E-state index is 5.61. The molecule has 2 fully saturated rings. The molecule has 2 bridgehead atoms. The van der Waals surface area contributed by atoms with Crippen LogP contribution in [0.5, 0.6) is 5.75 Å². The molecule has 0 radical (unpaired) electrons. The van der Waals surface area contributed by atoms with E-state index >= 15 is 0 Å². The molecule has 0 spiro atoms. The first kappa shape index (κ1) is 15.4. The monoisotopic (exact) mass is 351 g/mol. The Morgan fingerprint density at radius 1 is 1.33 bits per heavy atom. The summed E-state index contributed by atoms with van der Waals surface area (Å²) in [7, 11) is 2.09. The van der Waals surface area contributed by atoms with Gasteiger partial charge in [-0.3, -0.25) is 0 Å². The summed E-state index contributed by atoms with van der Waals surface area (Å²) >= 11 is 3.64. The van der Waals surface area contributed by atoms with Crippen molar-refractivity contribution in [2.45, 2.75) is 45.1 Å². The van der Waals surface area contributed by atoms with Crippen LogP contribution in [0.3, 0.4) is 0 Å². The van der Waals surface area contributed by atoms with Gasteiger partial charge in [-0.05, 0) is 91.0 Å². The zero-order chi connectivity index (χ0) is 14.8. The molecule has 4 atom stereocenters. The first-order chi connectivity index (χ1) is 10.2. The van der Waals surface area contributed by atoms with Crippen molar-refractivity contribution < 1.29 is 4.74 Å². The topological polar surface area (TPSA) is 21.3 Å². The summed E-state index contributed by atoms with van der Waals surface area (Å²) in [6, 6.07) is 6.98. The van der Waals surface area contributed by atoms with Crippen LogP contribution in [0.25, 0.3) is 0 Å². The number of halogens is 1. The molecule has 0 aliphatic heterocycles. The molecule has 0 aromatic heterocycles. The van der Waals surface area contributed by atoms with Gasteiger partial charge < -0.3 is 10.1 Å². The third-order valence-electron chi connectivity index (χ3n) is 5.43. The Labute approximate surface area is 136 Å². The Kier molecular flexibility index (Phi) is 4.90. The van der Waals surface area contributed by atoms with Gasteiger partial charge in [0.25, 0.3) is 0 Å². The summed E-state index contributed by atoms with van der Waals surface area (Å²) < 4.78 is 6.68. The Morgan fingerprint density at radius 3 is 2.76 bits per heavy atom. The highest BCUT2D eigenvalue weighted by molar-refractivity contribution is 9.10. The number of rotatable bonds is 6. The van der Waals surface area contributed by atoms with Gasteiger partial charge in [-0.1, -0.05) is 12.5 Å². The number of fused-ring (bicyclic) bond motifs is 2. The Hall–Kier alpha value is -0.540. The van der Waals surface area contributed by atoms with Crippen molar-refractivity contribution in [1.82, 2.24) is 5.32 Å². The van der Waals surface area contributed by atoms with E-state index in [1.807, 2.05) is 6.92 Å². The fraction of sp³-hybridized carbons (Fsp3) is 0.667. The standard InChI is InChI=1S/C18H26BrNO/c1-3-21-18-7-6-14(10-16(18)19)17(20-2)11-15-9-12-4-5-13(15)8-12/h6-7,10,12-13,15,17,20H,3-5,8-9,11H2,1-2H3. The molecule has 0 amide bonds. The van der Waals surface area contributed by atoms with E-state index in [1.54, 1.807) is 0 Å². The molecule has 1 aromatic carbocycles. The normalized spacial score (nSPS) is 28.8. The summed E-state index contributed by atoms with van der Waals surface area (Å²) in [5.41, 5.74) is 1.37. The smallest absolute Gasteiger partial charge is 0.133 e. The van der Waals surface area contributed by atoms with Gasteiger partial charge in [-0.15, -0.1) is 0 Å². The van der Waals surface area contributed by atoms with E-state index in [0.29, 0.717) is 12.6 Å². The van der Waals surface area contributed by atoms with Gasteiger partial charge in [-0.2, -0.15) is 0 Å². The minimum Gasteiger partial charge on any atom is -0.493 e. The maximum absolute atomic E-state index is 5.61. The van der Waals surface area contributed by atoms with Crippen molar-refractivity contribution >= 4 is 15.9 Å². The zero-order valence-corrected chi connectivity index (χ0v) is 14.7. The fourth-order valence-corrected chi connectivity index (χ4v) is 4.91. The summed E-state index contributed by atoms with van der Waals surface area (Å²) in [6.45, 7) is 2.73. The predicted octanol–water partition coefficient (Wildman–Crippen LogP) is 4.93. The number of nitrogens with one attached hydrogen (secondary N) is 1. The predicted molar refractivity (Wildman–Crippen MR) is 90.7 cm³/mol. The molecule has 2 nitrogen and oxygen atoms in total. The van der Waals surface area contributed by atoms with Gasteiger partial charge >= 0.3 is 0 Å². The minimum absolute atomic E-state index is 0.460. The van der Waals surface area contributed by atoms with E-state index in [1.165, 1.54) is 37.7 Å². The molecule has 1 aromatic rings. The summed E-state index contributed by atoms with van der Waals surface area (Å²) in [5.74, 6) is 3.89. The summed E-state index contributed by atoms with van der Waals surface area (Å²) in [6.07, 6.45) is 7.19. The minimum atomic E-state index is 0.460. The average molecular weight is 352 g/mol. The largest absolute Gasteiger partial charge is 0.493 e. The molecule has 3 rings (SSSR count). The molecule has 1 N–H and O–H groups in total. The fourth-order valence-electron chi connectivity index (χ4n) is 4.39. The molecule has 3 heteroatoms. The molecule has 0 heterocycles. The van der Waals surface area contributed by atoms with Crippen LogP contribution in [-0.4, -0.2) is 13.7 Å². The lowest BCUT2D eigenvalue weighted by Gasteiger charge is -2.27. The SMILES string of the molecule is CCOc1ccc(C(CC2CC3CCC2C3)NC)cc1Br. The van der Waals surface area contributed by atoms with Crippen LogP contribution in [0.4, 0.5) is 0 Å². The molecule has 4 unspecified atom stereocenters. The molecule has 2 aliphatic carbocycles. The van der Waals surface area contributed by atoms with Gasteiger partial charge in [-0.25, -0.2) is 0 Å². The van der Waals surface area contributed by atoms with Crippen molar-refractivity contribution in [1.29, 1.82) is 0 Å². The molecular weight excluding hydrogens is 326 g/mol. The van der Waals surface area contributed by atoms with Gasteiger partial charge in [0.2, 0.25) is 0 Å². The highest BCUT2D eigenvalue weighted by Gasteiger charge is 2.40. The van der Waals surface area contributed by atoms with Crippen molar-refractivity contribution in [3.05, 3.63) is 28.2 Å². The van der Waals surface area contributed by atoms with Gasteiger partial charge in [0, 0.05) is 6.04 Å². The summed E-state index contributed by atoms with van der Waals surface area (Å²) in [5, 5.41) is 3.52. The van der Waals surface area contributed by atoms with E-state index in [-0.39, 0.29) is 0 Å². The molecule has 2 aliphatic rings. The van der Waals surface area contributed by atoms with Crippen LogP contribution in [0.2, 0.25) is 0 Å². The quantitative estimate of drug-likeness (QED) is 0.783. The van der Waals surface area contributed by atoms with Gasteiger partial charge in [0.1, 0.15) is 5.75 Å².